The molecule has 1 atom stereocenters. The number of nitrogens with zero attached hydrogens (tertiary/aromatic N) is 2. The van der Waals surface area contributed by atoms with Gasteiger partial charge < -0.3 is 0 Å². The predicted molar refractivity (Wildman–Crippen MR) is 48.9 cm³/mol. The number of rotatable bonds is 0. The third kappa shape index (κ3) is 0.771. The molecule has 0 N–H and O–H groups in total. The number of allylic oxidation sites excluding steroid dienone is 1. The van der Waals surface area contributed by atoms with Gasteiger partial charge >= 0.3 is 0 Å². The highest BCUT2D eigenvalue weighted by Crippen LogP contribution is 2.48. The van der Waals surface area contributed by atoms with Crippen molar-refractivity contribution in [3.63, 3.8) is 0 Å². The molecule has 0 spiro atoms. The van der Waals surface area contributed by atoms with Crippen molar-refractivity contribution >= 4 is 17.3 Å². The SMILES string of the molecule is C1=C2c3ncncc3SC2CC1. The number of thioether (sulfide) groups is 1. The minimum Gasteiger partial charge on any atom is -0.244 e. The van der Waals surface area contributed by atoms with E-state index in [1.54, 1.807) is 6.33 Å². The molecule has 0 saturated carbocycles. The summed E-state index contributed by atoms with van der Waals surface area (Å²) in [6.07, 6.45) is 8.37. The molecule has 1 aliphatic carbocycles. The third-order valence-electron chi connectivity index (χ3n) is 2.36. The molecule has 1 unspecified atom stereocenters. The molecular weight excluding hydrogens is 168 g/mol. The molecule has 2 nitrogen and oxygen atoms in total. The Bertz CT molecular complexity index is 359. The standard InChI is InChI=1S/C9H8N2S/c1-2-6-7(3-1)12-8-4-10-5-11-9(6)8/h2,4-5,7H,1,3H2. The lowest BCUT2D eigenvalue weighted by Crippen LogP contribution is -1.92. The summed E-state index contributed by atoms with van der Waals surface area (Å²) in [7, 11) is 0. The Balaban J connectivity index is 2.20. The highest BCUT2D eigenvalue weighted by atomic mass is 32.2. The summed E-state index contributed by atoms with van der Waals surface area (Å²) in [5.41, 5.74) is 2.62. The van der Waals surface area contributed by atoms with Gasteiger partial charge in [-0.25, -0.2) is 9.97 Å². The van der Waals surface area contributed by atoms with Crippen molar-refractivity contribution in [2.45, 2.75) is 23.0 Å². The molecule has 0 saturated heterocycles. The van der Waals surface area contributed by atoms with Crippen LogP contribution in [0.4, 0.5) is 0 Å². The van der Waals surface area contributed by atoms with Gasteiger partial charge in [-0.2, -0.15) is 0 Å². The average Bonchev–Trinajstić information content (AvgIpc) is 2.62. The van der Waals surface area contributed by atoms with E-state index in [9.17, 15) is 0 Å². The molecule has 2 aliphatic rings. The molecule has 2 heterocycles. The molecule has 60 valence electrons. The van der Waals surface area contributed by atoms with E-state index < -0.39 is 0 Å². The summed E-state index contributed by atoms with van der Waals surface area (Å²) in [6, 6.07) is 0. The topological polar surface area (TPSA) is 25.8 Å². The van der Waals surface area contributed by atoms with E-state index in [4.69, 9.17) is 0 Å². The third-order valence-corrected chi connectivity index (χ3v) is 3.69. The van der Waals surface area contributed by atoms with Gasteiger partial charge in [-0.3, -0.25) is 0 Å². The Kier molecular flexibility index (Phi) is 1.29. The van der Waals surface area contributed by atoms with Crippen LogP contribution < -0.4 is 0 Å². The van der Waals surface area contributed by atoms with Gasteiger partial charge in [0, 0.05) is 11.4 Å². The van der Waals surface area contributed by atoms with Crippen LogP contribution in [0.3, 0.4) is 0 Å². The predicted octanol–water partition coefficient (Wildman–Crippen LogP) is 2.13. The van der Waals surface area contributed by atoms with Crippen molar-refractivity contribution < 1.29 is 0 Å². The van der Waals surface area contributed by atoms with Crippen LogP contribution in [0.5, 0.6) is 0 Å². The second-order valence-corrected chi connectivity index (χ2v) is 4.32. The van der Waals surface area contributed by atoms with E-state index >= 15 is 0 Å². The van der Waals surface area contributed by atoms with Gasteiger partial charge in [-0.1, -0.05) is 6.08 Å². The van der Waals surface area contributed by atoms with Crippen molar-refractivity contribution in [1.29, 1.82) is 0 Å². The normalized spacial score (nSPS) is 25.0. The molecule has 3 rings (SSSR count). The van der Waals surface area contributed by atoms with Crippen LogP contribution in [-0.2, 0) is 0 Å². The molecule has 0 aromatic carbocycles. The summed E-state index contributed by atoms with van der Waals surface area (Å²) in [6.45, 7) is 0. The maximum atomic E-state index is 4.30. The maximum Gasteiger partial charge on any atom is 0.116 e. The number of hydrogen-bond acceptors (Lipinski definition) is 3. The van der Waals surface area contributed by atoms with Gasteiger partial charge in [-0.15, -0.1) is 11.8 Å². The van der Waals surface area contributed by atoms with Gasteiger partial charge in [0.1, 0.15) is 6.33 Å². The molecular formula is C9H8N2S. The smallest absolute Gasteiger partial charge is 0.116 e. The molecule has 0 amide bonds. The van der Waals surface area contributed by atoms with Crippen molar-refractivity contribution in [3.05, 3.63) is 24.3 Å². The molecule has 1 aromatic rings. The van der Waals surface area contributed by atoms with Gasteiger partial charge in [0.15, 0.2) is 0 Å². The van der Waals surface area contributed by atoms with Crippen molar-refractivity contribution in [1.82, 2.24) is 9.97 Å². The summed E-state index contributed by atoms with van der Waals surface area (Å²) < 4.78 is 0. The molecule has 0 fully saturated rings. The van der Waals surface area contributed by atoms with Crippen molar-refractivity contribution in [2.75, 3.05) is 0 Å². The first-order valence-corrected chi connectivity index (χ1v) is 5.00. The van der Waals surface area contributed by atoms with E-state index in [-0.39, 0.29) is 0 Å². The second kappa shape index (κ2) is 2.33. The molecule has 12 heavy (non-hydrogen) atoms. The van der Waals surface area contributed by atoms with Crippen molar-refractivity contribution in [3.8, 4) is 0 Å². The van der Waals surface area contributed by atoms with Crippen LogP contribution >= 0.6 is 11.8 Å². The zero-order valence-corrected chi connectivity index (χ0v) is 7.34. The first-order valence-electron chi connectivity index (χ1n) is 4.12. The van der Waals surface area contributed by atoms with E-state index in [0.29, 0.717) is 5.25 Å². The van der Waals surface area contributed by atoms with Crippen LogP contribution in [0.2, 0.25) is 0 Å². The molecule has 0 radical (unpaired) electrons. The van der Waals surface area contributed by atoms with Gasteiger partial charge in [0.05, 0.1) is 10.6 Å². The molecule has 0 bridgehead atoms. The summed E-state index contributed by atoms with van der Waals surface area (Å²) in [4.78, 5) is 9.58. The minimum absolute atomic E-state index is 0.677. The summed E-state index contributed by atoms with van der Waals surface area (Å²) >= 11 is 1.91. The van der Waals surface area contributed by atoms with E-state index in [2.05, 4.69) is 16.0 Å². The summed E-state index contributed by atoms with van der Waals surface area (Å²) in [5, 5.41) is 0.677. The quantitative estimate of drug-likeness (QED) is 0.605. The Morgan fingerprint density at radius 3 is 3.50 bits per heavy atom. The number of aromatic nitrogens is 2. The zero-order valence-electron chi connectivity index (χ0n) is 6.53. The molecule has 1 aliphatic heterocycles. The second-order valence-electron chi connectivity index (χ2n) is 3.08. The fourth-order valence-corrected chi connectivity index (χ4v) is 3.12. The van der Waals surface area contributed by atoms with E-state index in [1.807, 2.05) is 18.0 Å². The monoisotopic (exact) mass is 176 g/mol. The van der Waals surface area contributed by atoms with E-state index in [0.717, 1.165) is 0 Å². The van der Waals surface area contributed by atoms with Crippen LogP contribution in [0, 0.1) is 0 Å². The van der Waals surface area contributed by atoms with Gasteiger partial charge in [0.2, 0.25) is 0 Å². The van der Waals surface area contributed by atoms with Crippen LogP contribution in [0.1, 0.15) is 18.5 Å². The highest BCUT2D eigenvalue weighted by molar-refractivity contribution is 8.00. The lowest BCUT2D eigenvalue weighted by atomic mass is 10.2. The fourth-order valence-electron chi connectivity index (χ4n) is 1.82. The molecule has 1 aromatic heterocycles. The number of hydrogen-bond donors (Lipinski definition) is 0. The van der Waals surface area contributed by atoms with Crippen LogP contribution in [0.25, 0.3) is 5.57 Å². The Hall–Kier alpha value is -0.830. The number of fused-ring (bicyclic) bond motifs is 3. The van der Waals surface area contributed by atoms with Crippen LogP contribution in [-0.4, -0.2) is 15.2 Å². The van der Waals surface area contributed by atoms with Crippen LogP contribution in [0.15, 0.2) is 23.5 Å². The first kappa shape index (κ1) is 6.66. The minimum atomic E-state index is 0.677. The van der Waals surface area contributed by atoms with Gasteiger partial charge in [-0.05, 0) is 18.4 Å². The lowest BCUT2D eigenvalue weighted by Gasteiger charge is -1.99. The average molecular weight is 176 g/mol. The van der Waals surface area contributed by atoms with Crippen molar-refractivity contribution in [2.24, 2.45) is 0 Å². The van der Waals surface area contributed by atoms with E-state index in [1.165, 1.54) is 29.0 Å². The Morgan fingerprint density at radius 1 is 1.50 bits per heavy atom. The first-order chi connectivity index (χ1) is 5.95. The zero-order chi connectivity index (χ0) is 7.97. The maximum absolute atomic E-state index is 4.30. The Labute approximate surface area is 75.1 Å². The largest absolute Gasteiger partial charge is 0.244 e. The lowest BCUT2D eigenvalue weighted by molar-refractivity contribution is 0.953. The summed E-state index contributed by atoms with van der Waals surface area (Å²) in [5.74, 6) is 0. The fraction of sp³-hybridized carbons (Fsp3) is 0.333. The highest BCUT2D eigenvalue weighted by Gasteiger charge is 2.31. The Morgan fingerprint density at radius 2 is 2.50 bits per heavy atom. The molecule has 3 heteroatoms. The van der Waals surface area contributed by atoms with Gasteiger partial charge in [0.25, 0.3) is 0 Å².